The third kappa shape index (κ3) is 3.11. The number of anilines is 2. The zero-order chi connectivity index (χ0) is 17.3. The van der Waals surface area contributed by atoms with Crippen LogP contribution < -0.4 is 15.1 Å². The summed E-state index contributed by atoms with van der Waals surface area (Å²) in [5.41, 5.74) is 1.78. The monoisotopic (exact) mass is 330 g/mol. The van der Waals surface area contributed by atoms with Crippen LogP contribution in [0.4, 0.5) is 16.2 Å². The lowest BCUT2D eigenvalue weighted by atomic mass is 10.0. The van der Waals surface area contributed by atoms with E-state index in [2.05, 4.69) is 22.0 Å². The number of hydrogen-bond donors (Lipinski definition) is 1. The van der Waals surface area contributed by atoms with E-state index in [0.29, 0.717) is 5.69 Å². The minimum Gasteiger partial charge on any atom is -0.369 e. The number of benzene rings is 1. The summed E-state index contributed by atoms with van der Waals surface area (Å²) in [7, 11) is 0. The van der Waals surface area contributed by atoms with Gasteiger partial charge in [-0.05, 0) is 36.7 Å². The van der Waals surface area contributed by atoms with Crippen molar-refractivity contribution < 1.29 is 9.59 Å². The smallest absolute Gasteiger partial charge is 0.329 e. The quantitative estimate of drug-likeness (QED) is 0.857. The van der Waals surface area contributed by atoms with Crippen molar-refractivity contribution in [1.29, 1.82) is 0 Å². The number of likely N-dealkylation sites (N-methyl/N-ethyl adjacent to an activating group) is 1. The summed E-state index contributed by atoms with van der Waals surface area (Å²) in [6, 6.07) is 6.96. The molecule has 6 nitrogen and oxygen atoms in total. The number of carbonyl (C=O) groups is 2. The van der Waals surface area contributed by atoms with Gasteiger partial charge < -0.3 is 15.1 Å². The minimum atomic E-state index is -0.431. The lowest BCUT2D eigenvalue weighted by Crippen LogP contribution is -2.46. The van der Waals surface area contributed by atoms with Gasteiger partial charge in [-0.2, -0.15) is 0 Å². The Labute approximate surface area is 143 Å². The zero-order valence-corrected chi connectivity index (χ0v) is 14.7. The maximum Gasteiger partial charge on any atom is 0.329 e. The molecule has 2 heterocycles. The predicted molar refractivity (Wildman–Crippen MR) is 95.4 cm³/mol. The number of nitrogens with zero attached hydrogens (tertiary/aromatic N) is 3. The molecule has 2 aliphatic heterocycles. The molecular formula is C18H26N4O2. The molecule has 1 aromatic rings. The van der Waals surface area contributed by atoms with Gasteiger partial charge in [0.15, 0.2) is 0 Å². The molecule has 0 aliphatic carbocycles. The van der Waals surface area contributed by atoms with Gasteiger partial charge in [0.25, 0.3) is 5.91 Å². The van der Waals surface area contributed by atoms with Gasteiger partial charge in [0.1, 0.15) is 6.04 Å². The molecule has 0 bridgehead atoms. The molecule has 0 aromatic heterocycles. The Morgan fingerprint density at radius 2 is 1.62 bits per heavy atom. The first-order valence-corrected chi connectivity index (χ1v) is 8.73. The second-order valence-corrected chi connectivity index (χ2v) is 6.78. The summed E-state index contributed by atoms with van der Waals surface area (Å²) in [5.74, 6) is -0.0834. The van der Waals surface area contributed by atoms with E-state index in [1.807, 2.05) is 38.1 Å². The molecule has 0 saturated carbocycles. The average Bonchev–Trinajstić information content (AvgIpc) is 2.90. The van der Waals surface area contributed by atoms with Crippen molar-refractivity contribution in [2.24, 2.45) is 5.92 Å². The van der Waals surface area contributed by atoms with Crippen molar-refractivity contribution in [1.82, 2.24) is 10.2 Å². The van der Waals surface area contributed by atoms with E-state index >= 15 is 0 Å². The Balaban J connectivity index is 1.71. The van der Waals surface area contributed by atoms with E-state index < -0.39 is 6.04 Å². The minimum absolute atomic E-state index is 0.0839. The molecule has 1 N–H and O–H groups in total. The molecule has 3 amide bonds. The number of nitrogens with one attached hydrogen (secondary N) is 1. The van der Waals surface area contributed by atoms with Gasteiger partial charge in [-0.25, -0.2) is 9.69 Å². The van der Waals surface area contributed by atoms with Crippen LogP contribution >= 0.6 is 0 Å². The van der Waals surface area contributed by atoms with Crippen LogP contribution in [-0.4, -0.2) is 55.6 Å². The first-order chi connectivity index (χ1) is 11.5. The van der Waals surface area contributed by atoms with Gasteiger partial charge in [-0.1, -0.05) is 20.8 Å². The predicted octanol–water partition coefficient (Wildman–Crippen LogP) is 1.91. The van der Waals surface area contributed by atoms with Gasteiger partial charge in [-0.3, -0.25) is 4.79 Å². The SMILES string of the molecule is CCN1CCN(c2ccc(N3C(=O)NC(C(C)C)C3=O)cc2)CC1. The zero-order valence-electron chi connectivity index (χ0n) is 14.7. The summed E-state index contributed by atoms with van der Waals surface area (Å²) in [6.45, 7) is 11.3. The van der Waals surface area contributed by atoms with Crippen LogP contribution in [0.1, 0.15) is 20.8 Å². The summed E-state index contributed by atoms with van der Waals surface area (Å²) in [5, 5.41) is 2.76. The number of urea groups is 1. The first kappa shape index (κ1) is 16.8. The molecule has 1 unspecified atom stereocenters. The molecule has 1 aromatic carbocycles. The van der Waals surface area contributed by atoms with Gasteiger partial charge in [0, 0.05) is 31.9 Å². The Morgan fingerprint density at radius 1 is 1.04 bits per heavy atom. The number of hydrogen-bond acceptors (Lipinski definition) is 4. The van der Waals surface area contributed by atoms with E-state index in [4.69, 9.17) is 0 Å². The van der Waals surface area contributed by atoms with Gasteiger partial charge >= 0.3 is 6.03 Å². The Morgan fingerprint density at radius 3 is 2.12 bits per heavy atom. The average molecular weight is 330 g/mol. The highest BCUT2D eigenvalue weighted by atomic mass is 16.2. The topological polar surface area (TPSA) is 55.9 Å². The summed E-state index contributed by atoms with van der Waals surface area (Å²) >= 11 is 0. The molecule has 2 fully saturated rings. The number of amides is 3. The number of rotatable bonds is 4. The molecule has 3 rings (SSSR count). The molecular weight excluding hydrogens is 304 g/mol. The lowest BCUT2D eigenvalue weighted by molar-refractivity contribution is -0.119. The Bertz CT molecular complexity index is 606. The maximum atomic E-state index is 12.4. The van der Waals surface area contributed by atoms with E-state index in [9.17, 15) is 9.59 Å². The van der Waals surface area contributed by atoms with Crippen LogP contribution in [-0.2, 0) is 4.79 Å². The third-order valence-corrected chi connectivity index (χ3v) is 4.93. The third-order valence-electron chi connectivity index (χ3n) is 4.93. The second-order valence-electron chi connectivity index (χ2n) is 6.78. The normalized spacial score (nSPS) is 22.4. The van der Waals surface area contributed by atoms with Crippen molar-refractivity contribution in [2.45, 2.75) is 26.8 Å². The maximum absolute atomic E-state index is 12.4. The fourth-order valence-electron chi connectivity index (χ4n) is 3.33. The van der Waals surface area contributed by atoms with Gasteiger partial charge in [-0.15, -0.1) is 0 Å². The van der Waals surface area contributed by atoms with Crippen molar-refractivity contribution in [3.63, 3.8) is 0 Å². The molecule has 6 heteroatoms. The molecule has 24 heavy (non-hydrogen) atoms. The highest BCUT2D eigenvalue weighted by Crippen LogP contribution is 2.25. The summed E-state index contributed by atoms with van der Waals surface area (Å²) in [6.07, 6.45) is 0. The first-order valence-electron chi connectivity index (χ1n) is 8.73. The number of piperazine rings is 1. The fraction of sp³-hybridized carbons (Fsp3) is 0.556. The largest absolute Gasteiger partial charge is 0.369 e. The van der Waals surface area contributed by atoms with E-state index in [1.165, 1.54) is 4.90 Å². The lowest BCUT2D eigenvalue weighted by Gasteiger charge is -2.35. The van der Waals surface area contributed by atoms with Crippen molar-refractivity contribution in [3.8, 4) is 0 Å². The van der Waals surface area contributed by atoms with Gasteiger partial charge in [0.05, 0.1) is 5.69 Å². The van der Waals surface area contributed by atoms with Crippen LogP contribution in [0.3, 0.4) is 0 Å². The van der Waals surface area contributed by atoms with Gasteiger partial charge in [0.2, 0.25) is 0 Å². The molecule has 130 valence electrons. The second kappa shape index (κ2) is 6.81. The molecule has 2 saturated heterocycles. The van der Waals surface area contributed by atoms with Crippen LogP contribution in [0.5, 0.6) is 0 Å². The molecule has 2 aliphatic rings. The van der Waals surface area contributed by atoms with Crippen LogP contribution in [0.25, 0.3) is 0 Å². The van der Waals surface area contributed by atoms with Crippen molar-refractivity contribution >= 4 is 23.3 Å². The fourth-order valence-corrected chi connectivity index (χ4v) is 3.33. The standard InChI is InChI=1S/C18H26N4O2/c1-4-20-9-11-21(12-10-20)14-5-7-15(8-6-14)22-17(23)16(13(2)3)19-18(22)24/h5-8,13,16H,4,9-12H2,1-3H3,(H,19,24). The van der Waals surface area contributed by atoms with Crippen LogP contribution in [0.15, 0.2) is 24.3 Å². The molecule has 1 atom stereocenters. The van der Waals surface area contributed by atoms with Crippen LogP contribution in [0.2, 0.25) is 0 Å². The Hall–Kier alpha value is -2.08. The van der Waals surface area contributed by atoms with Crippen molar-refractivity contribution in [2.75, 3.05) is 42.5 Å². The van der Waals surface area contributed by atoms with E-state index in [1.54, 1.807) is 0 Å². The van der Waals surface area contributed by atoms with Crippen LogP contribution in [0, 0.1) is 5.92 Å². The Kier molecular flexibility index (Phi) is 4.76. The summed E-state index contributed by atoms with van der Waals surface area (Å²) < 4.78 is 0. The highest BCUT2D eigenvalue weighted by molar-refractivity contribution is 6.21. The number of imide groups is 1. The van der Waals surface area contributed by atoms with E-state index in [-0.39, 0.29) is 17.9 Å². The highest BCUT2D eigenvalue weighted by Gasteiger charge is 2.40. The van der Waals surface area contributed by atoms with E-state index in [0.717, 1.165) is 38.4 Å². The molecule has 0 spiro atoms. The summed E-state index contributed by atoms with van der Waals surface area (Å²) in [4.78, 5) is 30.6. The number of carbonyl (C=O) groups excluding carboxylic acids is 2. The van der Waals surface area contributed by atoms with Crippen molar-refractivity contribution in [3.05, 3.63) is 24.3 Å². The molecule has 0 radical (unpaired) electrons.